The molecule has 0 aromatic heterocycles. The molecule has 0 aliphatic carbocycles. The Hall–Kier alpha value is -0.0800. The summed E-state index contributed by atoms with van der Waals surface area (Å²) in [6.45, 7) is 14.5. The van der Waals surface area contributed by atoms with Gasteiger partial charge >= 0.3 is 0 Å². The molecule has 2 rings (SSSR count). The molecule has 2 bridgehead atoms. The van der Waals surface area contributed by atoms with Gasteiger partial charge in [0, 0.05) is 24.7 Å². The highest BCUT2D eigenvalue weighted by atomic mass is 15.2. The Morgan fingerprint density at radius 1 is 1.00 bits per heavy atom. The van der Waals surface area contributed by atoms with Gasteiger partial charge in [0.1, 0.15) is 0 Å². The van der Waals surface area contributed by atoms with Crippen molar-refractivity contribution in [1.82, 2.24) is 10.2 Å². The van der Waals surface area contributed by atoms with E-state index in [0.717, 1.165) is 35.9 Å². The fourth-order valence-electron chi connectivity index (χ4n) is 4.73. The second-order valence-electron chi connectivity index (χ2n) is 8.21. The van der Waals surface area contributed by atoms with Crippen LogP contribution in [0.4, 0.5) is 0 Å². The molecule has 2 saturated heterocycles. The zero-order chi connectivity index (χ0) is 15.4. The van der Waals surface area contributed by atoms with Crippen LogP contribution in [-0.4, -0.2) is 36.1 Å². The molecule has 124 valence electrons. The van der Waals surface area contributed by atoms with E-state index in [-0.39, 0.29) is 0 Å². The van der Waals surface area contributed by atoms with Gasteiger partial charge in [-0.25, -0.2) is 0 Å². The predicted molar refractivity (Wildman–Crippen MR) is 92.6 cm³/mol. The second kappa shape index (κ2) is 7.97. The summed E-state index contributed by atoms with van der Waals surface area (Å²) in [7, 11) is 0. The number of nitrogens with one attached hydrogen (secondary N) is 1. The fraction of sp³-hybridized carbons (Fsp3) is 1.00. The summed E-state index contributed by atoms with van der Waals surface area (Å²) in [5.41, 5.74) is 0. The molecule has 21 heavy (non-hydrogen) atoms. The molecule has 0 aromatic rings. The standard InChI is InChI=1S/C19H38N2/c1-6-10-20-16-11-17-8-7-9-18(12-16)21(17)13-19(14(2)3)15(4)5/h14-20H,6-13H2,1-5H3. The molecular weight excluding hydrogens is 256 g/mol. The molecule has 2 fully saturated rings. The van der Waals surface area contributed by atoms with Crippen molar-refractivity contribution >= 4 is 0 Å². The van der Waals surface area contributed by atoms with Gasteiger partial charge < -0.3 is 5.32 Å². The molecule has 2 heteroatoms. The molecule has 0 spiro atoms. The average molecular weight is 295 g/mol. The minimum atomic E-state index is 0.785. The molecule has 0 amide bonds. The average Bonchev–Trinajstić information content (AvgIpc) is 2.41. The van der Waals surface area contributed by atoms with Crippen LogP contribution < -0.4 is 5.32 Å². The Morgan fingerprint density at radius 3 is 2.05 bits per heavy atom. The Balaban J connectivity index is 1.97. The largest absolute Gasteiger partial charge is 0.314 e. The minimum Gasteiger partial charge on any atom is -0.314 e. The summed E-state index contributed by atoms with van der Waals surface area (Å²) in [4.78, 5) is 2.91. The molecule has 2 heterocycles. The van der Waals surface area contributed by atoms with Gasteiger partial charge in [-0.2, -0.15) is 0 Å². The van der Waals surface area contributed by atoms with Crippen molar-refractivity contribution in [3.8, 4) is 0 Å². The predicted octanol–water partition coefficient (Wildman–Crippen LogP) is 4.30. The van der Waals surface area contributed by atoms with Gasteiger partial charge in [0.2, 0.25) is 0 Å². The lowest BCUT2D eigenvalue weighted by atomic mass is 9.78. The molecule has 2 aliphatic rings. The number of fused-ring (bicyclic) bond motifs is 2. The van der Waals surface area contributed by atoms with Crippen LogP contribution in [0.2, 0.25) is 0 Å². The topological polar surface area (TPSA) is 15.3 Å². The monoisotopic (exact) mass is 294 g/mol. The summed E-state index contributed by atoms with van der Waals surface area (Å²) in [6.07, 6.45) is 8.37. The van der Waals surface area contributed by atoms with E-state index < -0.39 is 0 Å². The third-order valence-corrected chi connectivity index (χ3v) is 5.94. The van der Waals surface area contributed by atoms with E-state index in [2.05, 4.69) is 44.8 Å². The highest BCUT2D eigenvalue weighted by Gasteiger charge is 2.39. The molecule has 2 aliphatic heterocycles. The van der Waals surface area contributed by atoms with E-state index >= 15 is 0 Å². The molecular formula is C19H38N2. The Kier molecular flexibility index (Phi) is 6.55. The van der Waals surface area contributed by atoms with Crippen molar-refractivity contribution in [2.75, 3.05) is 13.1 Å². The molecule has 0 aromatic carbocycles. The summed E-state index contributed by atoms with van der Waals surface area (Å²) in [5, 5.41) is 3.79. The molecule has 2 unspecified atom stereocenters. The Morgan fingerprint density at radius 2 is 1.57 bits per heavy atom. The number of hydrogen-bond acceptors (Lipinski definition) is 2. The maximum atomic E-state index is 3.79. The van der Waals surface area contributed by atoms with Crippen molar-refractivity contribution in [3.63, 3.8) is 0 Å². The van der Waals surface area contributed by atoms with Crippen molar-refractivity contribution < 1.29 is 0 Å². The molecule has 2 atom stereocenters. The number of nitrogens with zero attached hydrogens (tertiary/aromatic N) is 1. The van der Waals surface area contributed by atoms with E-state index in [4.69, 9.17) is 0 Å². The molecule has 2 nitrogen and oxygen atoms in total. The van der Waals surface area contributed by atoms with Crippen LogP contribution in [-0.2, 0) is 0 Å². The SMILES string of the molecule is CCCNC1CC2CCCC(C1)N2CC(C(C)C)C(C)C. The lowest BCUT2D eigenvalue weighted by Crippen LogP contribution is -2.57. The van der Waals surface area contributed by atoms with Gasteiger partial charge in [-0.15, -0.1) is 0 Å². The normalized spacial score (nSPS) is 30.6. The summed E-state index contributed by atoms with van der Waals surface area (Å²) in [6, 6.07) is 2.49. The Labute approximate surface area is 133 Å². The number of piperidine rings is 2. The van der Waals surface area contributed by atoms with Gasteiger partial charge in [-0.3, -0.25) is 4.90 Å². The second-order valence-corrected chi connectivity index (χ2v) is 8.21. The van der Waals surface area contributed by atoms with E-state index in [9.17, 15) is 0 Å². The summed E-state index contributed by atoms with van der Waals surface area (Å²) < 4.78 is 0. The van der Waals surface area contributed by atoms with Gasteiger partial charge in [0.25, 0.3) is 0 Å². The lowest BCUT2D eigenvalue weighted by molar-refractivity contribution is -0.000130. The first-order chi connectivity index (χ1) is 10.0. The van der Waals surface area contributed by atoms with Crippen molar-refractivity contribution in [3.05, 3.63) is 0 Å². The van der Waals surface area contributed by atoms with Gasteiger partial charge in [0.15, 0.2) is 0 Å². The van der Waals surface area contributed by atoms with Crippen molar-refractivity contribution in [2.24, 2.45) is 17.8 Å². The van der Waals surface area contributed by atoms with Gasteiger partial charge in [-0.1, -0.05) is 41.0 Å². The van der Waals surface area contributed by atoms with Crippen LogP contribution in [0, 0.1) is 17.8 Å². The summed E-state index contributed by atoms with van der Waals surface area (Å²) in [5.74, 6) is 2.47. The van der Waals surface area contributed by atoms with Gasteiger partial charge in [0.05, 0.1) is 0 Å². The Bertz CT molecular complexity index is 278. The first kappa shape index (κ1) is 17.3. The van der Waals surface area contributed by atoms with Crippen LogP contribution >= 0.6 is 0 Å². The van der Waals surface area contributed by atoms with Crippen molar-refractivity contribution in [1.29, 1.82) is 0 Å². The van der Waals surface area contributed by atoms with Gasteiger partial charge in [-0.05, 0) is 56.4 Å². The van der Waals surface area contributed by atoms with Crippen molar-refractivity contribution in [2.45, 2.75) is 91.3 Å². The molecule has 1 N–H and O–H groups in total. The van der Waals surface area contributed by atoms with E-state index in [1.54, 1.807) is 0 Å². The zero-order valence-electron chi connectivity index (χ0n) is 15.1. The zero-order valence-corrected chi connectivity index (χ0v) is 15.1. The highest BCUT2D eigenvalue weighted by Crippen LogP contribution is 2.36. The molecule has 0 saturated carbocycles. The summed E-state index contributed by atoms with van der Waals surface area (Å²) >= 11 is 0. The first-order valence-corrected chi connectivity index (χ1v) is 9.52. The fourth-order valence-corrected chi connectivity index (χ4v) is 4.73. The van der Waals surface area contributed by atoms with Crippen LogP contribution in [0.3, 0.4) is 0 Å². The lowest BCUT2D eigenvalue weighted by Gasteiger charge is -2.51. The van der Waals surface area contributed by atoms with E-state index in [1.807, 2.05) is 0 Å². The first-order valence-electron chi connectivity index (χ1n) is 9.52. The smallest absolute Gasteiger partial charge is 0.0113 e. The maximum Gasteiger partial charge on any atom is 0.0113 e. The highest BCUT2D eigenvalue weighted by molar-refractivity contribution is 4.96. The van der Waals surface area contributed by atoms with Crippen LogP contribution in [0.5, 0.6) is 0 Å². The number of hydrogen-bond donors (Lipinski definition) is 1. The van der Waals surface area contributed by atoms with Crippen LogP contribution in [0.1, 0.15) is 73.1 Å². The third-order valence-electron chi connectivity index (χ3n) is 5.94. The van der Waals surface area contributed by atoms with Crippen LogP contribution in [0.15, 0.2) is 0 Å². The third kappa shape index (κ3) is 4.45. The molecule has 0 radical (unpaired) electrons. The van der Waals surface area contributed by atoms with Crippen LogP contribution in [0.25, 0.3) is 0 Å². The quantitative estimate of drug-likeness (QED) is 0.753. The van der Waals surface area contributed by atoms with E-state index in [0.29, 0.717) is 0 Å². The minimum absolute atomic E-state index is 0.785. The maximum absolute atomic E-state index is 3.79. The van der Waals surface area contributed by atoms with E-state index in [1.165, 1.54) is 51.6 Å². The number of rotatable bonds is 7.